The fourth-order valence-corrected chi connectivity index (χ4v) is 3.62. The van der Waals surface area contributed by atoms with Crippen LogP contribution in [0.1, 0.15) is 11.1 Å². The molecule has 0 aliphatic rings. The fraction of sp³-hybridized carbons (Fsp3) is 0.143. The van der Waals surface area contributed by atoms with Crippen LogP contribution in [0.4, 0.5) is 5.69 Å². The second-order valence-corrected chi connectivity index (χ2v) is 6.88. The minimum absolute atomic E-state index is 0.232. The summed E-state index contributed by atoms with van der Waals surface area (Å²) in [5.74, 6) is 5.34. The zero-order chi connectivity index (χ0) is 14.6. The molecule has 6 heteroatoms. The van der Waals surface area contributed by atoms with Crippen molar-refractivity contribution in [2.45, 2.75) is 11.1 Å². The molecule has 1 aromatic heterocycles. The molecule has 1 heterocycles. The van der Waals surface area contributed by atoms with Gasteiger partial charge in [0.1, 0.15) is 10.8 Å². The average molecular weight is 307 g/mol. The molecule has 0 atom stereocenters. The molecule has 0 radical (unpaired) electrons. The maximum Gasteiger partial charge on any atom is 0.271 e. The van der Waals surface area contributed by atoms with E-state index < -0.39 is 10.0 Å². The van der Waals surface area contributed by atoms with Crippen LogP contribution in [-0.2, 0) is 10.0 Å². The molecular formula is C14H13NO3S2. The molecule has 2 rings (SSSR count). The van der Waals surface area contributed by atoms with E-state index in [-0.39, 0.29) is 10.8 Å². The first-order valence-corrected chi connectivity index (χ1v) is 8.16. The van der Waals surface area contributed by atoms with Gasteiger partial charge in [0.15, 0.2) is 0 Å². The van der Waals surface area contributed by atoms with Crippen molar-refractivity contribution < 1.29 is 13.5 Å². The lowest BCUT2D eigenvalue weighted by Crippen LogP contribution is -2.11. The van der Waals surface area contributed by atoms with Crippen LogP contribution in [-0.4, -0.2) is 20.1 Å². The topological polar surface area (TPSA) is 66.4 Å². The number of aliphatic hydroxyl groups is 1. The Morgan fingerprint density at radius 1 is 1.35 bits per heavy atom. The first kappa shape index (κ1) is 14.6. The van der Waals surface area contributed by atoms with Crippen LogP contribution >= 0.6 is 11.3 Å². The first-order chi connectivity index (χ1) is 9.53. The Hall–Kier alpha value is -1.81. The lowest BCUT2D eigenvalue weighted by Gasteiger charge is -2.08. The number of hydrogen-bond donors (Lipinski definition) is 2. The van der Waals surface area contributed by atoms with E-state index >= 15 is 0 Å². The molecule has 0 bridgehead atoms. The summed E-state index contributed by atoms with van der Waals surface area (Å²) in [6.45, 7) is 1.64. The number of rotatable bonds is 3. The van der Waals surface area contributed by atoms with E-state index in [9.17, 15) is 8.42 Å². The number of aliphatic hydroxyl groups excluding tert-OH is 1. The van der Waals surface area contributed by atoms with E-state index in [1.807, 2.05) is 6.92 Å². The summed E-state index contributed by atoms with van der Waals surface area (Å²) in [7, 11) is -3.55. The van der Waals surface area contributed by atoms with Crippen LogP contribution in [0.3, 0.4) is 0 Å². The normalized spacial score (nSPS) is 10.7. The van der Waals surface area contributed by atoms with Gasteiger partial charge < -0.3 is 5.11 Å². The molecule has 2 aromatic rings. The number of thiophene rings is 1. The molecule has 4 nitrogen and oxygen atoms in total. The van der Waals surface area contributed by atoms with Crippen LogP contribution in [0.15, 0.2) is 39.9 Å². The lowest BCUT2D eigenvalue weighted by molar-refractivity contribution is 0.350. The third kappa shape index (κ3) is 3.39. The van der Waals surface area contributed by atoms with Gasteiger partial charge in [-0.2, -0.15) is 0 Å². The van der Waals surface area contributed by atoms with Crippen molar-refractivity contribution in [1.82, 2.24) is 0 Å². The number of benzene rings is 1. The van der Waals surface area contributed by atoms with Gasteiger partial charge in [0.2, 0.25) is 0 Å². The Kier molecular flexibility index (Phi) is 4.45. The summed E-state index contributed by atoms with van der Waals surface area (Å²) >= 11 is 1.16. The summed E-state index contributed by atoms with van der Waals surface area (Å²) in [4.78, 5) is 0. The summed E-state index contributed by atoms with van der Waals surface area (Å²) < 4.78 is 27.0. The zero-order valence-corrected chi connectivity index (χ0v) is 12.4. The number of sulfonamides is 1. The molecule has 104 valence electrons. The summed E-state index contributed by atoms with van der Waals surface area (Å²) in [5, 5.41) is 10.4. The van der Waals surface area contributed by atoms with Crippen LogP contribution in [0.25, 0.3) is 0 Å². The number of hydrogen-bond acceptors (Lipinski definition) is 4. The Labute approximate surface area is 122 Å². The van der Waals surface area contributed by atoms with Crippen LogP contribution in [0.2, 0.25) is 0 Å². The zero-order valence-electron chi connectivity index (χ0n) is 10.8. The predicted octanol–water partition coefficient (Wildman–Crippen LogP) is 2.20. The first-order valence-electron chi connectivity index (χ1n) is 5.79. The highest BCUT2D eigenvalue weighted by molar-refractivity contribution is 7.94. The number of nitrogens with one attached hydrogen (secondary N) is 1. The summed E-state index contributed by atoms with van der Waals surface area (Å²) in [6, 6.07) is 8.36. The molecule has 0 fully saturated rings. The standard InChI is InChI=1S/C14H13NO3S2/c1-11-6-7-13(10-12(11)4-2-8-16)15-20(17,18)14-5-3-9-19-14/h3,5-7,9-10,15-16H,8H2,1H3. The lowest BCUT2D eigenvalue weighted by atomic mass is 10.1. The van der Waals surface area contributed by atoms with Gasteiger partial charge in [0, 0.05) is 5.56 Å². The van der Waals surface area contributed by atoms with Crippen molar-refractivity contribution in [3.8, 4) is 11.8 Å². The van der Waals surface area contributed by atoms with Gasteiger partial charge in [-0.05, 0) is 36.1 Å². The van der Waals surface area contributed by atoms with Crippen molar-refractivity contribution in [3.05, 3.63) is 46.8 Å². The average Bonchev–Trinajstić information content (AvgIpc) is 2.94. The van der Waals surface area contributed by atoms with Crippen molar-refractivity contribution in [3.63, 3.8) is 0 Å². The van der Waals surface area contributed by atoms with E-state index in [0.29, 0.717) is 11.3 Å². The van der Waals surface area contributed by atoms with Gasteiger partial charge in [-0.1, -0.05) is 24.0 Å². The van der Waals surface area contributed by atoms with Crippen molar-refractivity contribution in [2.24, 2.45) is 0 Å². The molecule has 0 aliphatic carbocycles. The predicted molar refractivity (Wildman–Crippen MR) is 80.3 cm³/mol. The molecule has 1 aromatic carbocycles. The number of anilines is 1. The van der Waals surface area contributed by atoms with Gasteiger partial charge in [-0.25, -0.2) is 8.42 Å². The van der Waals surface area contributed by atoms with Crippen LogP contribution in [0.5, 0.6) is 0 Å². The monoisotopic (exact) mass is 307 g/mol. The van der Waals surface area contributed by atoms with E-state index in [1.165, 1.54) is 0 Å². The molecule has 0 saturated heterocycles. The molecule has 2 N–H and O–H groups in total. The Bertz CT molecular complexity index is 753. The molecule has 0 amide bonds. The Morgan fingerprint density at radius 3 is 2.80 bits per heavy atom. The molecular weight excluding hydrogens is 294 g/mol. The molecule has 0 spiro atoms. The fourth-order valence-electron chi connectivity index (χ4n) is 1.58. The highest BCUT2D eigenvalue weighted by Crippen LogP contribution is 2.21. The third-order valence-electron chi connectivity index (χ3n) is 2.55. The van der Waals surface area contributed by atoms with Gasteiger partial charge in [0.25, 0.3) is 10.0 Å². The van der Waals surface area contributed by atoms with Gasteiger partial charge in [-0.15, -0.1) is 11.3 Å². The second kappa shape index (κ2) is 6.09. The van der Waals surface area contributed by atoms with Gasteiger partial charge >= 0.3 is 0 Å². The minimum Gasteiger partial charge on any atom is -0.384 e. The van der Waals surface area contributed by atoms with E-state index in [2.05, 4.69) is 16.6 Å². The second-order valence-electron chi connectivity index (χ2n) is 4.03. The van der Waals surface area contributed by atoms with E-state index in [4.69, 9.17) is 5.11 Å². The summed E-state index contributed by atoms with van der Waals surface area (Å²) in [6.07, 6.45) is 0. The maximum absolute atomic E-state index is 12.1. The van der Waals surface area contributed by atoms with Gasteiger partial charge in [0.05, 0.1) is 5.69 Å². The van der Waals surface area contributed by atoms with E-state index in [1.54, 1.807) is 35.7 Å². The third-order valence-corrected chi connectivity index (χ3v) is 5.33. The maximum atomic E-state index is 12.1. The minimum atomic E-state index is -3.55. The van der Waals surface area contributed by atoms with Crippen molar-refractivity contribution >= 4 is 27.0 Å². The smallest absolute Gasteiger partial charge is 0.271 e. The molecule has 0 saturated carbocycles. The van der Waals surface area contributed by atoms with Gasteiger partial charge in [-0.3, -0.25) is 4.72 Å². The van der Waals surface area contributed by atoms with Crippen LogP contribution in [0, 0.1) is 18.8 Å². The highest BCUT2D eigenvalue weighted by atomic mass is 32.2. The van der Waals surface area contributed by atoms with Crippen LogP contribution < -0.4 is 4.72 Å². The molecule has 0 unspecified atom stereocenters. The Morgan fingerprint density at radius 2 is 2.15 bits per heavy atom. The quantitative estimate of drug-likeness (QED) is 0.854. The SMILES string of the molecule is Cc1ccc(NS(=O)(=O)c2cccs2)cc1C#CCO. The largest absolute Gasteiger partial charge is 0.384 e. The van der Waals surface area contributed by atoms with Crippen molar-refractivity contribution in [1.29, 1.82) is 0 Å². The van der Waals surface area contributed by atoms with Crippen molar-refractivity contribution in [2.75, 3.05) is 11.3 Å². The molecule has 0 aliphatic heterocycles. The highest BCUT2D eigenvalue weighted by Gasteiger charge is 2.15. The van der Waals surface area contributed by atoms with E-state index in [0.717, 1.165) is 16.9 Å². The number of aryl methyl sites for hydroxylation is 1. The Balaban J connectivity index is 2.31. The summed E-state index contributed by atoms with van der Waals surface area (Å²) in [5.41, 5.74) is 2.06. The molecule has 20 heavy (non-hydrogen) atoms.